The van der Waals surface area contributed by atoms with Crippen molar-refractivity contribution < 1.29 is 19.0 Å². The van der Waals surface area contributed by atoms with E-state index in [2.05, 4.69) is 10.5 Å². The molecule has 0 bridgehead atoms. The highest BCUT2D eigenvalue weighted by Crippen LogP contribution is 2.30. The van der Waals surface area contributed by atoms with Crippen LogP contribution in [0.2, 0.25) is 0 Å². The van der Waals surface area contributed by atoms with Gasteiger partial charge in [0.05, 0.1) is 20.4 Å². The molecule has 3 aromatic carbocycles. The topological polar surface area (TPSA) is 69.2 Å². The Labute approximate surface area is 169 Å². The van der Waals surface area contributed by atoms with Gasteiger partial charge in [-0.3, -0.25) is 4.79 Å². The third-order valence-corrected chi connectivity index (χ3v) is 4.16. The lowest BCUT2D eigenvalue weighted by Gasteiger charge is -2.11. The Kier molecular flexibility index (Phi) is 6.84. The predicted molar refractivity (Wildman–Crippen MR) is 113 cm³/mol. The second kappa shape index (κ2) is 9.94. The number of nitrogens with one attached hydrogen (secondary N) is 1. The van der Waals surface area contributed by atoms with Crippen LogP contribution in [0.1, 0.15) is 5.56 Å². The first-order chi connectivity index (χ1) is 14.2. The van der Waals surface area contributed by atoms with Crippen LogP contribution in [0.3, 0.4) is 0 Å². The molecular weight excluding hydrogens is 368 g/mol. The summed E-state index contributed by atoms with van der Waals surface area (Å²) in [6.07, 6.45) is 1.50. The van der Waals surface area contributed by atoms with Gasteiger partial charge in [0, 0.05) is 11.1 Å². The molecule has 0 radical (unpaired) electrons. The smallest absolute Gasteiger partial charge is 0.277 e. The van der Waals surface area contributed by atoms with Gasteiger partial charge in [-0.2, -0.15) is 5.10 Å². The Bertz CT molecular complexity index is 987. The van der Waals surface area contributed by atoms with E-state index in [-0.39, 0.29) is 12.5 Å². The second-order valence-corrected chi connectivity index (χ2v) is 6.03. The van der Waals surface area contributed by atoms with Gasteiger partial charge < -0.3 is 14.2 Å². The third-order valence-electron chi connectivity index (χ3n) is 4.16. The van der Waals surface area contributed by atoms with Crippen molar-refractivity contribution >= 4 is 12.1 Å². The van der Waals surface area contributed by atoms with E-state index in [9.17, 15) is 4.79 Å². The number of carbonyl (C=O) groups is 1. The molecule has 3 rings (SSSR count). The standard InChI is InChI=1S/C23H22N2O4/c1-27-21-14-8-11-18(23(21)28-2)15-24-25-22(26)16-29-20-13-7-6-12-19(20)17-9-4-3-5-10-17/h3-15H,16H2,1-2H3,(H,25,26)/b24-15+. The van der Waals surface area contributed by atoms with Crippen molar-refractivity contribution in [3.8, 4) is 28.4 Å². The van der Waals surface area contributed by atoms with E-state index in [0.29, 0.717) is 22.8 Å². The first-order valence-electron chi connectivity index (χ1n) is 9.03. The summed E-state index contributed by atoms with van der Waals surface area (Å²) in [5.74, 6) is 1.39. The number of methoxy groups -OCH3 is 2. The first-order valence-corrected chi connectivity index (χ1v) is 9.03. The number of ether oxygens (including phenoxy) is 3. The predicted octanol–water partition coefficient (Wildman–Crippen LogP) is 3.90. The van der Waals surface area contributed by atoms with Gasteiger partial charge in [-0.15, -0.1) is 0 Å². The van der Waals surface area contributed by atoms with Crippen LogP contribution in [-0.2, 0) is 4.79 Å². The Balaban J connectivity index is 1.61. The molecule has 0 atom stereocenters. The number of para-hydroxylation sites is 2. The maximum atomic E-state index is 12.1. The zero-order valence-electron chi connectivity index (χ0n) is 16.3. The van der Waals surface area contributed by atoms with Gasteiger partial charge in [-0.05, 0) is 23.8 Å². The number of rotatable bonds is 8. The molecule has 0 saturated heterocycles. The maximum absolute atomic E-state index is 12.1. The fourth-order valence-electron chi connectivity index (χ4n) is 2.81. The van der Waals surface area contributed by atoms with Crippen LogP contribution in [0.15, 0.2) is 77.9 Å². The molecule has 0 fully saturated rings. The fourth-order valence-corrected chi connectivity index (χ4v) is 2.81. The molecule has 0 aliphatic heterocycles. The van der Waals surface area contributed by atoms with Gasteiger partial charge in [0.25, 0.3) is 5.91 Å². The minimum absolute atomic E-state index is 0.156. The average Bonchev–Trinajstić information content (AvgIpc) is 2.78. The maximum Gasteiger partial charge on any atom is 0.277 e. The summed E-state index contributed by atoms with van der Waals surface area (Å²) in [7, 11) is 3.11. The average molecular weight is 390 g/mol. The largest absolute Gasteiger partial charge is 0.493 e. The monoisotopic (exact) mass is 390 g/mol. The lowest BCUT2D eigenvalue weighted by Crippen LogP contribution is -2.24. The number of hydrogen-bond acceptors (Lipinski definition) is 5. The summed E-state index contributed by atoms with van der Waals surface area (Å²) < 4.78 is 16.3. The molecule has 0 unspecified atom stereocenters. The molecule has 0 saturated carbocycles. The van der Waals surface area contributed by atoms with Crippen molar-refractivity contribution in [2.45, 2.75) is 0 Å². The summed E-state index contributed by atoms with van der Waals surface area (Å²) in [6, 6.07) is 22.9. The van der Waals surface area contributed by atoms with Crippen molar-refractivity contribution in [3.63, 3.8) is 0 Å². The first kappa shape index (κ1) is 19.9. The Morgan fingerprint density at radius 3 is 2.38 bits per heavy atom. The van der Waals surface area contributed by atoms with E-state index < -0.39 is 0 Å². The number of hydrazone groups is 1. The minimum Gasteiger partial charge on any atom is -0.493 e. The molecule has 0 aromatic heterocycles. The van der Waals surface area contributed by atoms with E-state index in [1.165, 1.54) is 6.21 Å². The van der Waals surface area contributed by atoms with Crippen LogP contribution < -0.4 is 19.6 Å². The molecule has 1 amide bonds. The summed E-state index contributed by atoms with van der Waals surface area (Å²) >= 11 is 0. The van der Waals surface area contributed by atoms with E-state index in [4.69, 9.17) is 14.2 Å². The normalized spacial score (nSPS) is 10.6. The Hall–Kier alpha value is -3.80. The van der Waals surface area contributed by atoms with Crippen molar-refractivity contribution in [1.29, 1.82) is 0 Å². The summed E-state index contributed by atoms with van der Waals surface area (Å²) in [5, 5.41) is 3.98. The highest BCUT2D eigenvalue weighted by atomic mass is 16.5. The molecule has 0 spiro atoms. The minimum atomic E-state index is -0.369. The number of amides is 1. The van der Waals surface area contributed by atoms with Crippen molar-refractivity contribution in [2.24, 2.45) is 5.10 Å². The van der Waals surface area contributed by atoms with Crippen LogP contribution >= 0.6 is 0 Å². The van der Waals surface area contributed by atoms with Crippen LogP contribution in [0, 0.1) is 0 Å². The van der Waals surface area contributed by atoms with Crippen molar-refractivity contribution in [1.82, 2.24) is 5.43 Å². The lowest BCUT2D eigenvalue weighted by atomic mass is 10.1. The van der Waals surface area contributed by atoms with Gasteiger partial charge in [0.1, 0.15) is 5.75 Å². The Morgan fingerprint density at radius 2 is 1.62 bits per heavy atom. The van der Waals surface area contributed by atoms with E-state index in [0.717, 1.165) is 11.1 Å². The van der Waals surface area contributed by atoms with E-state index >= 15 is 0 Å². The molecule has 0 aliphatic rings. The van der Waals surface area contributed by atoms with Gasteiger partial charge >= 0.3 is 0 Å². The second-order valence-electron chi connectivity index (χ2n) is 6.03. The molecule has 148 valence electrons. The van der Waals surface area contributed by atoms with Crippen LogP contribution in [0.5, 0.6) is 17.2 Å². The molecular formula is C23H22N2O4. The number of hydrogen-bond donors (Lipinski definition) is 1. The molecule has 29 heavy (non-hydrogen) atoms. The zero-order valence-corrected chi connectivity index (χ0v) is 16.3. The Morgan fingerprint density at radius 1 is 0.897 bits per heavy atom. The van der Waals surface area contributed by atoms with E-state index in [1.54, 1.807) is 20.3 Å². The highest BCUT2D eigenvalue weighted by molar-refractivity contribution is 5.86. The van der Waals surface area contributed by atoms with Crippen molar-refractivity contribution in [3.05, 3.63) is 78.4 Å². The van der Waals surface area contributed by atoms with Crippen molar-refractivity contribution in [2.75, 3.05) is 20.8 Å². The quantitative estimate of drug-likeness (QED) is 0.468. The third kappa shape index (κ3) is 5.13. The lowest BCUT2D eigenvalue weighted by molar-refractivity contribution is -0.123. The molecule has 6 nitrogen and oxygen atoms in total. The number of benzene rings is 3. The number of nitrogens with zero attached hydrogens (tertiary/aromatic N) is 1. The van der Waals surface area contributed by atoms with Crippen LogP contribution in [0.25, 0.3) is 11.1 Å². The molecule has 0 heterocycles. The summed E-state index contributed by atoms with van der Waals surface area (Å²) in [4.78, 5) is 12.1. The SMILES string of the molecule is COc1cccc(/C=N/NC(=O)COc2ccccc2-c2ccccc2)c1OC. The molecule has 0 aliphatic carbocycles. The summed E-state index contributed by atoms with van der Waals surface area (Å²) in [5.41, 5.74) is 5.08. The molecule has 6 heteroatoms. The van der Waals surface area contributed by atoms with Crippen LogP contribution in [-0.4, -0.2) is 32.9 Å². The van der Waals surface area contributed by atoms with Crippen LogP contribution in [0.4, 0.5) is 0 Å². The fraction of sp³-hybridized carbons (Fsp3) is 0.130. The van der Waals surface area contributed by atoms with Gasteiger partial charge in [-0.25, -0.2) is 5.43 Å². The number of carbonyl (C=O) groups excluding carboxylic acids is 1. The van der Waals surface area contributed by atoms with Gasteiger partial charge in [-0.1, -0.05) is 54.6 Å². The molecule has 1 N–H and O–H groups in total. The summed E-state index contributed by atoms with van der Waals surface area (Å²) in [6.45, 7) is -0.156. The zero-order chi connectivity index (χ0) is 20.5. The van der Waals surface area contributed by atoms with Gasteiger partial charge in [0.15, 0.2) is 18.1 Å². The highest BCUT2D eigenvalue weighted by Gasteiger charge is 2.09. The molecule has 3 aromatic rings. The van der Waals surface area contributed by atoms with Gasteiger partial charge in [0.2, 0.25) is 0 Å². The van der Waals surface area contributed by atoms with E-state index in [1.807, 2.05) is 66.7 Å².